The minimum atomic E-state index is -1.38. The molecular formula is C16H24P2S2. The maximum atomic E-state index is 6.25. The molecule has 0 aliphatic carbocycles. The molecule has 2 fully saturated rings. The van der Waals surface area contributed by atoms with E-state index in [2.05, 4.69) is 38.1 Å². The van der Waals surface area contributed by atoms with E-state index >= 15 is 0 Å². The molecule has 0 radical (unpaired) electrons. The topological polar surface area (TPSA) is 0 Å². The van der Waals surface area contributed by atoms with E-state index in [0.717, 1.165) is 11.3 Å². The van der Waals surface area contributed by atoms with Crippen LogP contribution in [0.2, 0.25) is 0 Å². The lowest BCUT2D eigenvalue weighted by Gasteiger charge is -2.30. The second-order valence-electron chi connectivity index (χ2n) is 6.51. The Morgan fingerprint density at radius 3 is 1.55 bits per heavy atom. The molecule has 2 heterocycles. The summed E-state index contributed by atoms with van der Waals surface area (Å²) in [6.45, 7) is 4.77. The lowest BCUT2D eigenvalue weighted by atomic mass is 10.3. The number of hydrogen-bond donors (Lipinski definition) is 0. The molecule has 2 saturated heterocycles. The van der Waals surface area contributed by atoms with E-state index in [9.17, 15) is 0 Å². The third-order valence-electron chi connectivity index (χ3n) is 5.35. The molecule has 0 nitrogen and oxygen atoms in total. The highest BCUT2D eigenvalue weighted by atomic mass is 32.4. The van der Waals surface area contributed by atoms with Crippen molar-refractivity contribution in [3.63, 3.8) is 0 Å². The van der Waals surface area contributed by atoms with Gasteiger partial charge in [0.1, 0.15) is 0 Å². The van der Waals surface area contributed by atoms with E-state index in [-0.39, 0.29) is 0 Å². The first-order chi connectivity index (χ1) is 9.48. The van der Waals surface area contributed by atoms with Gasteiger partial charge in [0, 0.05) is 0 Å². The van der Waals surface area contributed by atoms with Gasteiger partial charge in [-0.25, -0.2) is 0 Å². The Hall–Kier alpha value is 0.520. The molecule has 0 N–H and O–H groups in total. The Bertz CT molecular complexity index is 555. The van der Waals surface area contributed by atoms with Crippen molar-refractivity contribution in [1.82, 2.24) is 0 Å². The van der Waals surface area contributed by atoms with Crippen molar-refractivity contribution >= 4 is 46.3 Å². The van der Waals surface area contributed by atoms with E-state index < -0.39 is 12.1 Å². The molecule has 3 rings (SSSR count). The van der Waals surface area contributed by atoms with Gasteiger partial charge in [-0.3, -0.25) is 0 Å². The number of rotatable bonds is 2. The first kappa shape index (κ1) is 15.4. The van der Waals surface area contributed by atoms with Crippen LogP contribution >= 0.6 is 12.1 Å². The first-order valence-electron chi connectivity index (χ1n) is 7.76. The average Bonchev–Trinajstić information content (AvgIpc) is 2.96. The van der Waals surface area contributed by atoms with Crippen molar-refractivity contribution in [1.29, 1.82) is 0 Å². The zero-order valence-electron chi connectivity index (χ0n) is 12.4. The predicted molar refractivity (Wildman–Crippen MR) is 101 cm³/mol. The van der Waals surface area contributed by atoms with Gasteiger partial charge in [0.2, 0.25) is 0 Å². The first-order valence-corrected chi connectivity index (χ1v) is 13.9. The summed E-state index contributed by atoms with van der Waals surface area (Å²) in [5.41, 5.74) is 1.44. The van der Waals surface area contributed by atoms with E-state index in [4.69, 9.17) is 23.6 Å². The van der Waals surface area contributed by atoms with Crippen molar-refractivity contribution in [3.8, 4) is 0 Å². The third-order valence-corrected chi connectivity index (χ3v) is 17.7. The molecule has 0 unspecified atom stereocenters. The molecule has 0 aromatic heterocycles. The molecule has 0 spiro atoms. The standard InChI is InChI=1S/C16H24P2S2/c1-13-7-5-11-17(13,19)15-9-3-4-10-16(15)18(20)12-6-8-14(18)2/h3-4,9-10,13-14H,5-8,11-12H2,1-2H3/t13-,14-,17+,18+/m0/s1. The number of hydrogen-bond acceptors (Lipinski definition) is 2. The fraction of sp³-hybridized carbons (Fsp3) is 0.625. The molecule has 110 valence electrons. The van der Waals surface area contributed by atoms with Crippen LogP contribution in [-0.2, 0) is 23.6 Å². The van der Waals surface area contributed by atoms with Gasteiger partial charge in [0.05, 0.1) is 0 Å². The zero-order valence-corrected chi connectivity index (χ0v) is 15.8. The largest absolute Gasteiger partial charge is 0.0923 e. The fourth-order valence-corrected chi connectivity index (χ4v) is 14.2. The fourth-order valence-electron chi connectivity index (χ4n) is 3.92. The van der Waals surface area contributed by atoms with Crippen LogP contribution in [0.15, 0.2) is 24.3 Å². The molecule has 4 heteroatoms. The van der Waals surface area contributed by atoms with E-state index in [1.54, 1.807) is 0 Å². The van der Waals surface area contributed by atoms with Crippen LogP contribution in [0, 0.1) is 0 Å². The van der Waals surface area contributed by atoms with Crippen LogP contribution in [-0.4, -0.2) is 23.6 Å². The summed E-state index contributed by atoms with van der Waals surface area (Å²) in [7, 11) is 0. The minimum absolute atomic E-state index is 0.721. The van der Waals surface area contributed by atoms with Gasteiger partial charge in [0.15, 0.2) is 0 Å². The molecular weight excluding hydrogens is 318 g/mol. The van der Waals surface area contributed by atoms with Crippen LogP contribution in [0.4, 0.5) is 0 Å². The third kappa shape index (κ3) is 2.32. The monoisotopic (exact) mass is 342 g/mol. The van der Waals surface area contributed by atoms with Gasteiger partial charge in [-0.15, -0.1) is 0 Å². The molecule has 1 aromatic rings. The second-order valence-corrected chi connectivity index (χ2v) is 17.2. The van der Waals surface area contributed by atoms with Gasteiger partial charge in [-0.1, -0.05) is 61.7 Å². The highest BCUT2D eigenvalue weighted by Gasteiger charge is 2.39. The van der Waals surface area contributed by atoms with E-state index in [1.807, 2.05) is 0 Å². The Labute approximate surface area is 133 Å². The van der Waals surface area contributed by atoms with Crippen molar-refractivity contribution in [2.24, 2.45) is 0 Å². The van der Waals surface area contributed by atoms with E-state index in [1.165, 1.54) is 48.6 Å². The molecule has 4 atom stereocenters. The van der Waals surface area contributed by atoms with Crippen LogP contribution in [0.5, 0.6) is 0 Å². The SMILES string of the molecule is C[C@H]1CCC[P@]1(=S)c1ccccc1[P@@]1(=S)CCC[C@@H]1C. The number of benzene rings is 1. The molecule has 2 aliphatic heterocycles. The smallest absolute Gasteiger partial charge is 0.00551 e. The Morgan fingerprint density at radius 2 is 1.25 bits per heavy atom. The summed E-state index contributed by atoms with van der Waals surface area (Å²) in [5, 5.41) is 3.08. The summed E-state index contributed by atoms with van der Waals surface area (Å²) in [4.78, 5) is 0. The summed E-state index contributed by atoms with van der Waals surface area (Å²) in [6, 6.07) is 6.32. The van der Waals surface area contributed by atoms with Gasteiger partial charge >= 0.3 is 0 Å². The van der Waals surface area contributed by atoms with Crippen LogP contribution in [0.3, 0.4) is 0 Å². The second kappa shape index (κ2) is 5.62. The maximum Gasteiger partial charge on any atom is -0.00551 e. The quantitative estimate of drug-likeness (QED) is 0.737. The molecule has 1 aromatic carbocycles. The molecule has 0 bridgehead atoms. The molecule has 2 aliphatic rings. The Morgan fingerprint density at radius 1 is 0.850 bits per heavy atom. The highest BCUT2D eigenvalue weighted by molar-refractivity contribution is 8.22. The van der Waals surface area contributed by atoms with E-state index in [0.29, 0.717) is 0 Å². The van der Waals surface area contributed by atoms with Crippen molar-refractivity contribution in [3.05, 3.63) is 24.3 Å². The lowest BCUT2D eigenvalue weighted by molar-refractivity contribution is 0.836. The van der Waals surface area contributed by atoms with Crippen LogP contribution in [0.25, 0.3) is 0 Å². The average molecular weight is 342 g/mol. The maximum absolute atomic E-state index is 6.25. The molecule has 0 saturated carbocycles. The highest BCUT2D eigenvalue weighted by Crippen LogP contribution is 2.62. The van der Waals surface area contributed by atoms with Gasteiger partial charge in [-0.05, 0) is 72.0 Å². The summed E-state index contributed by atoms with van der Waals surface area (Å²) >= 11 is 12.5. The van der Waals surface area contributed by atoms with Gasteiger partial charge in [0.25, 0.3) is 0 Å². The normalized spacial score (nSPS) is 41.1. The molecule has 20 heavy (non-hydrogen) atoms. The lowest BCUT2D eigenvalue weighted by Crippen LogP contribution is -2.29. The Balaban J connectivity index is 2.15. The van der Waals surface area contributed by atoms with Gasteiger partial charge in [-0.2, -0.15) is 0 Å². The van der Waals surface area contributed by atoms with Crippen molar-refractivity contribution in [2.45, 2.75) is 50.8 Å². The van der Waals surface area contributed by atoms with Crippen molar-refractivity contribution < 1.29 is 0 Å². The van der Waals surface area contributed by atoms with Crippen LogP contribution < -0.4 is 10.6 Å². The van der Waals surface area contributed by atoms with Crippen LogP contribution in [0.1, 0.15) is 39.5 Å². The zero-order chi connectivity index (χ0) is 14.4. The minimum Gasteiger partial charge on any atom is -0.0923 e. The predicted octanol–water partition coefficient (Wildman–Crippen LogP) is 4.26. The summed E-state index contributed by atoms with van der Waals surface area (Å²) in [5.74, 6) is 0. The van der Waals surface area contributed by atoms with Gasteiger partial charge < -0.3 is 0 Å². The summed E-state index contributed by atoms with van der Waals surface area (Å²) < 4.78 is 0. The van der Waals surface area contributed by atoms with Crippen molar-refractivity contribution in [2.75, 3.05) is 12.3 Å². The Kier molecular flexibility index (Phi) is 4.33. The summed E-state index contributed by atoms with van der Waals surface area (Å²) in [6.07, 6.45) is 7.83. The molecule has 0 amide bonds.